The van der Waals surface area contributed by atoms with E-state index in [1.165, 1.54) is 0 Å². The van der Waals surface area contributed by atoms with E-state index >= 15 is 0 Å². The fourth-order valence-corrected chi connectivity index (χ4v) is 3.80. The number of alkyl halides is 3. The summed E-state index contributed by atoms with van der Waals surface area (Å²) in [4.78, 5) is 8.41. The van der Waals surface area contributed by atoms with E-state index in [1.54, 1.807) is 22.3 Å². The largest absolute Gasteiger partial charge is 0.417 e. The minimum atomic E-state index is -4.44. The molecule has 4 N–H and O–H groups in total. The number of nitrogens with one attached hydrogen (secondary N) is 1. The summed E-state index contributed by atoms with van der Waals surface area (Å²) in [7, 11) is 1.80. The fourth-order valence-electron chi connectivity index (χ4n) is 3.80. The molecule has 0 amide bonds. The van der Waals surface area contributed by atoms with Gasteiger partial charge in [0.1, 0.15) is 5.52 Å². The standard InChI is InChI=1S/C13H12N8.C7H11F3O/c1-15-12-11-8(4-6-21(11)19-13(14)17-12)9-2-3-10-16-5-7-20(10)18-9;8-7(9,10)6(11)4-2-1-3-5-6/h2-7H,1H3,(H3,14,15,17,19);11H,1-5H2. The van der Waals surface area contributed by atoms with Gasteiger partial charge in [0, 0.05) is 31.2 Å². The van der Waals surface area contributed by atoms with Gasteiger partial charge in [-0.25, -0.2) is 14.0 Å². The maximum absolute atomic E-state index is 12.1. The molecule has 0 radical (unpaired) electrons. The lowest BCUT2D eigenvalue weighted by molar-refractivity contribution is -0.269. The Balaban J connectivity index is 0.000000189. The van der Waals surface area contributed by atoms with E-state index in [0.29, 0.717) is 18.7 Å². The smallest absolute Gasteiger partial charge is 0.380 e. The number of aromatic nitrogens is 6. The van der Waals surface area contributed by atoms with Gasteiger partial charge in [0.25, 0.3) is 0 Å². The highest BCUT2D eigenvalue weighted by Gasteiger charge is 2.53. The van der Waals surface area contributed by atoms with Crippen LogP contribution in [0, 0.1) is 0 Å². The summed E-state index contributed by atoms with van der Waals surface area (Å²) in [6, 6.07) is 5.78. The van der Waals surface area contributed by atoms with Crippen LogP contribution in [-0.4, -0.2) is 53.1 Å². The number of aliphatic hydroxyl groups is 1. The van der Waals surface area contributed by atoms with Crippen molar-refractivity contribution in [1.29, 1.82) is 0 Å². The quantitative estimate of drug-likeness (QED) is 0.430. The fraction of sp³-hybridized carbons (Fsp3) is 0.400. The van der Waals surface area contributed by atoms with Crippen LogP contribution in [0.25, 0.3) is 22.4 Å². The van der Waals surface area contributed by atoms with Crippen molar-refractivity contribution in [3.8, 4) is 11.3 Å². The second kappa shape index (κ2) is 8.26. The van der Waals surface area contributed by atoms with Crippen molar-refractivity contribution >= 4 is 22.9 Å². The van der Waals surface area contributed by atoms with E-state index in [1.807, 2.05) is 30.6 Å². The molecule has 1 fully saturated rings. The maximum Gasteiger partial charge on any atom is 0.417 e. The number of hydrogen-bond donors (Lipinski definition) is 3. The highest BCUT2D eigenvalue weighted by molar-refractivity contribution is 5.87. The summed E-state index contributed by atoms with van der Waals surface area (Å²) in [6.07, 6.45) is 2.44. The highest BCUT2D eigenvalue weighted by Crippen LogP contribution is 2.41. The Morgan fingerprint density at radius 2 is 1.81 bits per heavy atom. The Bertz CT molecular complexity index is 1230. The zero-order valence-corrected chi connectivity index (χ0v) is 17.3. The molecule has 0 unspecified atom stereocenters. The van der Waals surface area contributed by atoms with Gasteiger partial charge in [0.2, 0.25) is 5.95 Å². The van der Waals surface area contributed by atoms with E-state index in [4.69, 9.17) is 10.8 Å². The van der Waals surface area contributed by atoms with E-state index in [-0.39, 0.29) is 18.8 Å². The van der Waals surface area contributed by atoms with Crippen molar-refractivity contribution in [2.45, 2.75) is 43.9 Å². The summed E-state index contributed by atoms with van der Waals surface area (Å²) in [6.45, 7) is 0. The van der Waals surface area contributed by atoms with Crippen molar-refractivity contribution in [3.05, 3.63) is 36.8 Å². The van der Waals surface area contributed by atoms with Gasteiger partial charge in [-0.1, -0.05) is 19.3 Å². The van der Waals surface area contributed by atoms with Crippen LogP contribution in [0.5, 0.6) is 0 Å². The Morgan fingerprint density at radius 3 is 2.47 bits per heavy atom. The topological polar surface area (TPSA) is 119 Å². The van der Waals surface area contributed by atoms with Crippen molar-refractivity contribution in [3.63, 3.8) is 0 Å². The first kappa shape index (κ1) is 21.8. The Hall–Kier alpha value is -3.41. The number of anilines is 2. The normalized spacial score (nSPS) is 16.0. The molecule has 0 aromatic carbocycles. The molecule has 0 spiro atoms. The maximum atomic E-state index is 12.1. The van der Waals surface area contributed by atoms with Crippen LogP contribution in [0.4, 0.5) is 24.9 Å². The summed E-state index contributed by atoms with van der Waals surface area (Å²) in [5, 5.41) is 20.9. The molecule has 170 valence electrons. The van der Waals surface area contributed by atoms with Crippen LogP contribution in [0.15, 0.2) is 36.8 Å². The lowest BCUT2D eigenvalue weighted by atomic mass is 9.84. The number of halogens is 3. The van der Waals surface area contributed by atoms with Gasteiger partial charge in [0.15, 0.2) is 17.1 Å². The third-order valence-electron chi connectivity index (χ3n) is 5.50. The van der Waals surface area contributed by atoms with E-state index in [0.717, 1.165) is 28.8 Å². The lowest BCUT2D eigenvalue weighted by Gasteiger charge is -2.33. The number of imidazole rings is 1. The average molecular weight is 448 g/mol. The summed E-state index contributed by atoms with van der Waals surface area (Å²) in [5.41, 5.74) is 6.69. The van der Waals surface area contributed by atoms with Gasteiger partial charge in [0.05, 0.1) is 5.69 Å². The Labute approximate surface area is 181 Å². The van der Waals surface area contributed by atoms with Crippen LogP contribution in [0.2, 0.25) is 0 Å². The van der Waals surface area contributed by atoms with Gasteiger partial charge < -0.3 is 16.2 Å². The first-order valence-corrected chi connectivity index (χ1v) is 10.1. The Morgan fingerprint density at radius 1 is 1.06 bits per heavy atom. The van der Waals surface area contributed by atoms with E-state index in [9.17, 15) is 13.2 Å². The number of nitrogens with two attached hydrogens (primary N) is 1. The minimum absolute atomic E-state index is 0.128. The predicted molar refractivity (Wildman–Crippen MR) is 113 cm³/mol. The van der Waals surface area contributed by atoms with Gasteiger partial charge in [-0.2, -0.15) is 23.3 Å². The number of hydrogen-bond acceptors (Lipinski definition) is 7. The first-order valence-electron chi connectivity index (χ1n) is 10.1. The molecule has 5 rings (SSSR count). The van der Waals surface area contributed by atoms with Gasteiger partial charge in [-0.15, -0.1) is 5.10 Å². The predicted octanol–water partition coefficient (Wildman–Crippen LogP) is 3.31. The Kier molecular flexibility index (Phi) is 5.63. The molecule has 0 atom stereocenters. The monoisotopic (exact) mass is 448 g/mol. The highest BCUT2D eigenvalue weighted by atomic mass is 19.4. The van der Waals surface area contributed by atoms with Crippen molar-refractivity contribution in [2.75, 3.05) is 18.1 Å². The molecule has 1 saturated carbocycles. The van der Waals surface area contributed by atoms with Crippen LogP contribution in [0.3, 0.4) is 0 Å². The molecule has 0 saturated heterocycles. The van der Waals surface area contributed by atoms with E-state index in [2.05, 4.69) is 25.5 Å². The summed E-state index contributed by atoms with van der Waals surface area (Å²) < 4.78 is 39.7. The van der Waals surface area contributed by atoms with Gasteiger partial charge >= 0.3 is 6.18 Å². The van der Waals surface area contributed by atoms with Crippen LogP contribution in [-0.2, 0) is 0 Å². The van der Waals surface area contributed by atoms with Crippen LogP contribution >= 0.6 is 0 Å². The molecule has 0 bridgehead atoms. The number of nitrogen functional groups attached to an aromatic ring is 1. The van der Waals surface area contributed by atoms with Crippen LogP contribution < -0.4 is 11.1 Å². The average Bonchev–Trinajstić information content (AvgIpc) is 3.39. The zero-order valence-electron chi connectivity index (χ0n) is 17.3. The third kappa shape index (κ3) is 4.05. The molecule has 0 aliphatic heterocycles. The summed E-state index contributed by atoms with van der Waals surface area (Å²) in [5.74, 6) is 0.877. The molecular weight excluding hydrogens is 425 g/mol. The molecule has 9 nitrogen and oxygen atoms in total. The second-order valence-electron chi connectivity index (χ2n) is 7.63. The van der Waals surface area contributed by atoms with Crippen molar-refractivity contribution in [1.82, 2.24) is 29.2 Å². The second-order valence-corrected chi connectivity index (χ2v) is 7.63. The molecule has 1 aliphatic rings. The molecule has 1 aliphatic carbocycles. The molecule has 12 heteroatoms. The minimum Gasteiger partial charge on any atom is -0.380 e. The lowest BCUT2D eigenvalue weighted by Crippen LogP contribution is -2.46. The van der Waals surface area contributed by atoms with Gasteiger partial charge in [-0.05, 0) is 31.0 Å². The first-order chi connectivity index (χ1) is 15.2. The molecule has 4 aromatic rings. The number of rotatable bonds is 2. The SMILES string of the molecule is CNc1nc(N)nn2ccc(-c3ccc4nccn4n3)c12.OC1(C(F)(F)F)CCCCC1. The molecule has 4 heterocycles. The third-order valence-corrected chi connectivity index (χ3v) is 5.50. The van der Waals surface area contributed by atoms with Crippen molar-refractivity contribution in [2.24, 2.45) is 0 Å². The number of fused-ring (bicyclic) bond motifs is 2. The summed E-state index contributed by atoms with van der Waals surface area (Å²) >= 11 is 0. The van der Waals surface area contributed by atoms with Crippen LogP contribution in [0.1, 0.15) is 32.1 Å². The van der Waals surface area contributed by atoms with E-state index < -0.39 is 11.8 Å². The molecule has 4 aromatic heterocycles. The molecular formula is C20H23F3N8O. The van der Waals surface area contributed by atoms with Gasteiger partial charge in [-0.3, -0.25) is 0 Å². The molecule has 32 heavy (non-hydrogen) atoms. The zero-order chi connectivity index (χ0) is 22.9. The van der Waals surface area contributed by atoms with Crippen molar-refractivity contribution < 1.29 is 18.3 Å². The number of nitrogens with zero attached hydrogens (tertiary/aromatic N) is 6.